The maximum absolute atomic E-state index is 10.1. The Morgan fingerprint density at radius 2 is 1.67 bits per heavy atom. The minimum Gasteiger partial charge on any atom is -0.493 e. The van der Waals surface area contributed by atoms with E-state index in [9.17, 15) is 5.11 Å². The fourth-order valence-electron chi connectivity index (χ4n) is 3.56. The molecule has 0 saturated heterocycles. The lowest BCUT2D eigenvalue weighted by Gasteiger charge is -2.19. The maximum Gasteiger partial charge on any atom is 0.165 e. The summed E-state index contributed by atoms with van der Waals surface area (Å²) in [7, 11) is 4.78. The highest BCUT2D eigenvalue weighted by molar-refractivity contribution is 5.56. The molecule has 1 aliphatic heterocycles. The molecule has 0 unspecified atom stereocenters. The highest BCUT2D eigenvalue weighted by Crippen LogP contribution is 2.51. The predicted octanol–water partition coefficient (Wildman–Crippen LogP) is 2.85. The van der Waals surface area contributed by atoms with Crippen LogP contribution in [0.1, 0.15) is 35.1 Å². The van der Waals surface area contributed by atoms with Gasteiger partial charge in [0.1, 0.15) is 6.10 Å². The van der Waals surface area contributed by atoms with Crippen LogP contribution in [0.5, 0.6) is 23.0 Å². The van der Waals surface area contributed by atoms with Crippen LogP contribution in [0, 0.1) is 0 Å². The van der Waals surface area contributed by atoms with Gasteiger partial charge in [0.25, 0.3) is 0 Å². The zero-order valence-corrected chi connectivity index (χ0v) is 15.9. The molecule has 0 radical (unpaired) electrons. The largest absolute Gasteiger partial charge is 0.493 e. The van der Waals surface area contributed by atoms with Gasteiger partial charge in [-0.1, -0.05) is 12.1 Å². The first kappa shape index (κ1) is 19.3. The first-order chi connectivity index (χ1) is 13.2. The van der Waals surface area contributed by atoms with E-state index in [1.165, 1.54) is 0 Å². The number of methoxy groups -OCH3 is 3. The van der Waals surface area contributed by atoms with Crippen LogP contribution >= 0.6 is 0 Å². The zero-order chi connectivity index (χ0) is 19.4. The van der Waals surface area contributed by atoms with Gasteiger partial charge in [0.05, 0.1) is 33.9 Å². The molecule has 0 fully saturated rings. The van der Waals surface area contributed by atoms with E-state index < -0.39 is 0 Å². The van der Waals surface area contributed by atoms with Gasteiger partial charge in [0, 0.05) is 12.2 Å². The number of ether oxygens (including phenoxy) is 4. The summed E-state index contributed by atoms with van der Waals surface area (Å²) >= 11 is 0. The van der Waals surface area contributed by atoms with Crippen LogP contribution in [0.3, 0.4) is 0 Å². The number of aliphatic hydroxyl groups excluding tert-OH is 2. The molecule has 1 aliphatic rings. The molecule has 2 aromatic carbocycles. The average molecular weight is 374 g/mol. The van der Waals surface area contributed by atoms with Gasteiger partial charge in [0.15, 0.2) is 23.0 Å². The lowest BCUT2D eigenvalue weighted by molar-refractivity contribution is 0.156. The molecule has 2 N–H and O–H groups in total. The molecular weight excluding hydrogens is 348 g/mol. The standard InChI is InChI=1S/C21H26O6/c1-24-17-7-6-14(11-18(17)25-2)20-16(12-23)15-9-13(5-4-8-22)10-19(26-3)21(15)27-20/h6-7,9-11,16,20,22-23H,4-5,8,12H2,1-3H3/t16-,20+/m1/s1. The first-order valence-corrected chi connectivity index (χ1v) is 8.97. The van der Waals surface area contributed by atoms with Crippen molar-refractivity contribution in [2.45, 2.75) is 24.9 Å². The highest BCUT2D eigenvalue weighted by atomic mass is 16.5. The smallest absolute Gasteiger partial charge is 0.165 e. The van der Waals surface area contributed by atoms with Crippen LogP contribution in [-0.2, 0) is 6.42 Å². The second-order valence-corrected chi connectivity index (χ2v) is 6.49. The summed E-state index contributed by atoms with van der Waals surface area (Å²) in [5, 5.41) is 19.2. The SMILES string of the molecule is COc1ccc([C@@H]2Oc3c(OC)cc(CCCO)cc3[C@H]2CO)cc1OC. The number of fused-ring (bicyclic) bond motifs is 1. The van der Waals surface area contributed by atoms with Crippen molar-refractivity contribution in [2.75, 3.05) is 34.5 Å². The van der Waals surface area contributed by atoms with Crippen molar-refractivity contribution in [1.29, 1.82) is 0 Å². The van der Waals surface area contributed by atoms with Crippen LogP contribution in [0.4, 0.5) is 0 Å². The minimum atomic E-state index is -0.355. The minimum absolute atomic E-state index is 0.0569. The summed E-state index contributed by atoms with van der Waals surface area (Å²) in [6.07, 6.45) is 1.05. The van der Waals surface area contributed by atoms with Gasteiger partial charge < -0.3 is 29.2 Å². The van der Waals surface area contributed by atoms with E-state index in [1.807, 2.05) is 30.3 Å². The van der Waals surface area contributed by atoms with Gasteiger partial charge >= 0.3 is 0 Å². The number of hydrogen-bond donors (Lipinski definition) is 2. The summed E-state index contributed by atoms with van der Waals surface area (Å²) in [5.74, 6) is 2.33. The van der Waals surface area contributed by atoms with E-state index in [0.29, 0.717) is 29.4 Å². The average Bonchev–Trinajstić information content (AvgIpc) is 3.09. The van der Waals surface area contributed by atoms with Crippen LogP contribution in [0.15, 0.2) is 30.3 Å². The van der Waals surface area contributed by atoms with Gasteiger partial charge in [-0.25, -0.2) is 0 Å². The van der Waals surface area contributed by atoms with E-state index in [4.69, 9.17) is 24.1 Å². The Morgan fingerprint density at radius 3 is 2.30 bits per heavy atom. The molecular formula is C21H26O6. The maximum atomic E-state index is 10.1. The van der Waals surface area contributed by atoms with E-state index in [0.717, 1.165) is 23.1 Å². The molecule has 27 heavy (non-hydrogen) atoms. The van der Waals surface area contributed by atoms with E-state index in [1.54, 1.807) is 21.3 Å². The zero-order valence-electron chi connectivity index (χ0n) is 15.9. The second kappa shape index (κ2) is 8.50. The van der Waals surface area contributed by atoms with Crippen LogP contribution in [0.2, 0.25) is 0 Å². The quantitative estimate of drug-likeness (QED) is 0.740. The van der Waals surface area contributed by atoms with Crippen molar-refractivity contribution in [2.24, 2.45) is 0 Å². The van der Waals surface area contributed by atoms with E-state index in [-0.39, 0.29) is 25.2 Å². The van der Waals surface area contributed by atoms with Crippen molar-refractivity contribution in [3.8, 4) is 23.0 Å². The molecule has 2 aromatic rings. The Bertz CT molecular complexity index is 788. The third-order valence-electron chi connectivity index (χ3n) is 4.93. The molecule has 0 aliphatic carbocycles. The molecule has 0 spiro atoms. The molecule has 6 nitrogen and oxygen atoms in total. The molecule has 2 atom stereocenters. The number of aryl methyl sites for hydroxylation is 1. The Morgan fingerprint density at radius 1 is 0.926 bits per heavy atom. The molecule has 0 aromatic heterocycles. The Hall–Kier alpha value is -2.44. The summed E-state index contributed by atoms with van der Waals surface area (Å²) in [4.78, 5) is 0. The van der Waals surface area contributed by atoms with Gasteiger partial charge in [-0.05, 0) is 42.2 Å². The topological polar surface area (TPSA) is 77.4 Å². The monoisotopic (exact) mass is 374 g/mol. The third kappa shape index (κ3) is 3.68. The second-order valence-electron chi connectivity index (χ2n) is 6.49. The molecule has 0 amide bonds. The normalized spacial score (nSPS) is 18.0. The molecule has 0 saturated carbocycles. The molecule has 6 heteroatoms. The van der Waals surface area contributed by atoms with Gasteiger partial charge in [0.2, 0.25) is 0 Å². The Kier molecular flexibility index (Phi) is 6.08. The van der Waals surface area contributed by atoms with Gasteiger partial charge in [-0.3, -0.25) is 0 Å². The Labute approximate surface area is 159 Å². The van der Waals surface area contributed by atoms with Crippen molar-refractivity contribution in [3.63, 3.8) is 0 Å². The van der Waals surface area contributed by atoms with Crippen LogP contribution in [0.25, 0.3) is 0 Å². The van der Waals surface area contributed by atoms with Crippen molar-refractivity contribution >= 4 is 0 Å². The first-order valence-electron chi connectivity index (χ1n) is 8.97. The number of rotatable bonds is 8. The van der Waals surface area contributed by atoms with Gasteiger partial charge in [-0.15, -0.1) is 0 Å². The fraction of sp³-hybridized carbons (Fsp3) is 0.429. The number of hydrogen-bond acceptors (Lipinski definition) is 6. The fourth-order valence-corrected chi connectivity index (χ4v) is 3.56. The van der Waals surface area contributed by atoms with E-state index >= 15 is 0 Å². The van der Waals surface area contributed by atoms with Crippen molar-refractivity contribution in [3.05, 3.63) is 47.0 Å². The molecule has 146 valence electrons. The summed E-state index contributed by atoms with van der Waals surface area (Å²) < 4.78 is 22.4. The molecule has 3 rings (SSSR count). The lowest BCUT2D eigenvalue weighted by Crippen LogP contribution is -2.13. The van der Waals surface area contributed by atoms with Crippen LogP contribution < -0.4 is 18.9 Å². The van der Waals surface area contributed by atoms with Gasteiger partial charge in [-0.2, -0.15) is 0 Å². The van der Waals surface area contributed by atoms with Crippen molar-refractivity contribution < 1.29 is 29.2 Å². The molecule has 1 heterocycles. The number of aliphatic hydroxyl groups is 2. The Balaban J connectivity index is 2.00. The van der Waals surface area contributed by atoms with E-state index in [2.05, 4.69) is 0 Å². The van der Waals surface area contributed by atoms with Crippen LogP contribution in [-0.4, -0.2) is 44.8 Å². The summed E-state index contributed by atoms with van der Waals surface area (Å²) in [5.41, 5.74) is 2.86. The lowest BCUT2D eigenvalue weighted by atomic mass is 9.90. The molecule has 0 bridgehead atoms. The highest BCUT2D eigenvalue weighted by Gasteiger charge is 2.38. The number of benzene rings is 2. The predicted molar refractivity (Wildman–Crippen MR) is 101 cm³/mol. The summed E-state index contributed by atoms with van der Waals surface area (Å²) in [6, 6.07) is 9.59. The third-order valence-corrected chi connectivity index (χ3v) is 4.93. The summed E-state index contributed by atoms with van der Waals surface area (Å²) in [6.45, 7) is 0.0756. The van der Waals surface area contributed by atoms with Crippen molar-refractivity contribution in [1.82, 2.24) is 0 Å².